The van der Waals surface area contributed by atoms with E-state index in [0.717, 1.165) is 12.8 Å². The zero-order valence-corrected chi connectivity index (χ0v) is 12.6. The summed E-state index contributed by atoms with van der Waals surface area (Å²) in [7, 11) is 1.59. The van der Waals surface area contributed by atoms with Crippen LogP contribution < -0.4 is 4.90 Å². The van der Waals surface area contributed by atoms with Crippen LogP contribution in [0.4, 0.5) is 14.5 Å². The molecule has 1 aliphatic rings. The van der Waals surface area contributed by atoms with Crippen LogP contribution in [0, 0.1) is 17.6 Å². The summed E-state index contributed by atoms with van der Waals surface area (Å²) in [4.78, 5) is 1.78. The van der Waals surface area contributed by atoms with Gasteiger partial charge in [-0.25, -0.2) is 8.78 Å². The first kappa shape index (κ1) is 15.5. The van der Waals surface area contributed by atoms with Gasteiger partial charge in [0.2, 0.25) is 0 Å². The van der Waals surface area contributed by atoms with Crippen molar-refractivity contribution in [3.63, 3.8) is 0 Å². The smallest absolute Gasteiger partial charge is 0.149 e. The Kier molecular flexibility index (Phi) is 5.22. The molecule has 0 saturated heterocycles. The zero-order chi connectivity index (χ0) is 14.7. The topological polar surface area (TPSA) is 12.5 Å². The molecule has 0 spiro atoms. The van der Waals surface area contributed by atoms with Crippen LogP contribution in [0.15, 0.2) is 12.1 Å². The van der Waals surface area contributed by atoms with E-state index >= 15 is 0 Å². The van der Waals surface area contributed by atoms with Crippen molar-refractivity contribution in [2.24, 2.45) is 5.92 Å². The molecule has 1 saturated carbocycles. The van der Waals surface area contributed by atoms with Crippen molar-refractivity contribution in [1.29, 1.82) is 0 Å². The van der Waals surface area contributed by atoms with E-state index in [1.807, 2.05) is 6.92 Å². The Balaban J connectivity index is 2.31. The van der Waals surface area contributed by atoms with Gasteiger partial charge >= 0.3 is 0 Å². The van der Waals surface area contributed by atoms with E-state index in [1.165, 1.54) is 12.1 Å². The Morgan fingerprint density at radius 2 is 1.95 bits per heavy atom. The molecule has 0 radical (unpaired) electrons. The van der Waals surface area contributed by atoms with Gasteiger partial charge in [0.05, 0.1) is 6.61 Å². The Labute approximate surface area is 123 Å². The molecule has 0 N–H and O–H groups in total. The third-order valence-electron chi connectivity index (χ3n) is 3.85. The minimum absolute atomic E-state index is 0.0373. The van der Waals surface area contributed by atoms with Gasteiger partial charge in [-0.2, -0.15) is 0 Å². The van der Waals surface area contributed by atoms with Gasteiger partial charge in [-0.05, 0) is 43.4 Å². The average Bonchev–Trinajstić information content (AvgIpc) is 3.25. The van der Waals surface area contributed by atoms with Crippen molar-refractivity contribution in [3.05, 3.63) is 29.3 Å². The molecule has 0 heterocycles. The molecule has 0 aliphatic heterocycles. The molecule has 1 aromatic carbocycles. The van der Waals surface area contributed by atoms with E-state index in [0.29, 0.717) is 24.6 Å². The summed E-state index contributed by atoms with van der Waals surface area (Å²) in [6, 6.07) is 2.73. The number of nitrogens with zero attached hydrogens (tertiary/aromatic N) is 1. The lowest BCUT2D eigenvalue weighted by molar-refractivity contribution is 0.202. The van der Waals surface area contributed by atoms with Gasteiger partial charge in [-0.1, -0.05) is 0 Å². The molecular weight excluding hydrogens is 284 g/mol. The number of anilines is 1. The first-order valence-electron chi connectivity index (χ1n) is 6.88. The van der Waals surface area contributed by atoms with E-state index in [2.05, 4.69) is 0 Å². The highest BCUT2D eigenvalue weighted by Gasteiger charge is 2.34. The van der Waals surface area contributed by atoms with Crippen LogP contribution in [-0.2, 0) is 10.6 Å². The van der Waals surface area contributed by atoms with Crippen LogP contribution >= 0.6 is 11.6 Å². The third-order valence-corrected chi connectivity index (χ3v) is 4.16. The van der Waals surface area contributed by atoms with Crippen LogP contribution in [0.1, 0.15) is 25.3 Å². The standard InChI is InChI=1S/C15H20ClF2NO/c1-10(12-3-4-12)19(5-6-20-2)15-13(17)7-11(9-16)8-14(15)18/h7-8,10,12H,3-6,9H2,1-2H3. The SMILES string of the molecule is COCCN(c1c(F)cc(CCl)cc1F)C(C)C1CC1. The van der Waals surface area contributed by atoms with E-state index < -0.39 is 11.6 Å². The molecule has 1 aromatic rings. The minimum Gasteiger partial charge on any atom is -0.383 e. The fourth-order valence-electron chi connectivity index (χ4n) is 2.51. The number of benzene rings is 1. The normalized spacial score (nSPS) is 16.2. The first-order chi connectivity index (χ1) is 9.58. The van der Waals surface area contributed by atoms with Crippen molar-refractivity contribution < 1.29 is 13.5 Å². The monoisotopic (exact) mass is 303 g/mol. The minimum atomic E-state index is -0.552. The lowest BCUT2D eigenvalue weighted by Gasteiger charge is -2.32. The summed E-state index contributed by atoms with van der Waals surface area (Å²) in [5.74, 6) is -0.489. The highest BCUT2D eigenvalue weighted by molar-refractivity contribution is 6.17. The molecule has 20 heavy (non-hydrogen) atoms. The van der Waals surface area contributed by atoms with Crippen LogP contribution in [0.5, 0.6) is 0 Å². The van der Waals surface area contributed by atoms with Crippen LogP contribution in [0.25, 0.3) is 0 Å². The molecule has 112 valence electrons. The Morgan fingerprint density at radius 3 is 2.40 bits per heavy atom. The molecule has 1 aliphatic carbocycles. The Hall–Kier alpha value is -0.870. The second-order valence-corrected chi connectivity index (χ2v) is 5.57. The second-order valence-electron chi connectivity index (χ2n) is 5.31. The van der Waals surface area contributed by atoms with Gasteiger partial charge < -0.3 is 9.64 Å². The van der Waals surface area contributed by atoms with E-state index in [-0.39, 0.29) is 17.6 Å². The molecule has 2 nitrogen and oxygen atoms in total. The third kappa shape index (κ3) is 3.41. The molecule has 0 bridgehead atoms. The summed E-state index contributed by atoms with van der Waals surface area (Å²) in [6.07, 6.45) is 2.24. The maximum Gasteiger partial charge on any atom is 0.149 e. The fraction of sp³-hybridized carbons (Fsp3) is 0.600. The lowest BCUT2D eigenvalue weighted by atomic mass is 10.1. The summed E-state index contributed by atoms with van der Waals surface area (Å²) in [5, 5.41) is 0. The van der Waals surface area contributed by atoms with E-state index in [1.54, 1.807) is 12.0 Å². The van der Waals surface area contributed by atoms with Gasteiger partial charge in [0, 0.05) is 25.6 Å². The molecule has 0 amide bonds. The molecule has 5 heteroatoms. The highest BCUT2D eigenvalue weighted by Crippen LogP contribution is 2.38. The van der Waals surface area contributed by atoms with Gasteiger partial charge in [0.25, 0.3) is 0 Å². The van der Waals surface area contributed by atoms with Crippen molar-refractivity contribution in [2.75, 3.05) is 25.2 Å². The molecule has 0 aromatic heterocycles. The van der Waals surface area contributed by atoms with Gasteiger partial charge in [0.1, 0.15) is 17.3 Å². The number of alkyl halides is 1. The quantitative estimate of drug-likeness (QED) is 0.707. The largest absolute Gasteiger partial charge is 0.383 e. The molecule has 1 unspecified atom stereocenters. The fourth-order valence-corrected chi connectivity index (χ4v) is 2.67. The zero-order valence-electron chi connectivity index (χ0n) is 11.8. The average molecular weight is 304 g/mol. The van der Waals surface area contributed by atoms with Crippen LogP contribution in [0.2, 0.25) is 0 Å². The number of hydrogen-bond acceptors (Lipinski definition) is 2. The van der Waals surface area contributed by atoms with Crippen LogP contribution in [-0.4, -0.2) is 26.3 Å². The second kappa shape index (κ2) is 6.72. The van der Waals surface area contributed by atoms with E-state index in [9.17, 15) is 8.78 Å². The number of hydrogen-bond donors (Lipinski definition) is 0. The van der Waals surface area contributed by atoms with Crippen molar-refractivity contribution >= 4 is 17.3 Å². The number of halogens is 3. The van der Waals surface area contributed by atoms with Gasteiger partial charge in [-0.3, -0.25) is 0 Å². The maximum atomic E-state index is 14.2. The summed E-state index contributed by atoms with van der Waals surface area (Å²) < 4.78 is 33.5. The summed E-state index contributed by atoms with van der Waals surface area (Å²) in [5.41, 5.74) is 0.492. The predicted molar refractivity (Wildman–Crippen MR) is 77.3 cm³/mol. The Morgan fingerprint density at radius 1 is 1.35 bits per heavy atom. The van der Waals surface area contributed by atoms with Gasteiger partial charge in [-0.15, -0.1) is 11.6 Å². The van der Waals surface area contributed by atoms with Crippen molar-refractivity contribution in [2.45, 2.75) is 31.7 Å². The molecular formula is C15H20ClF2NO. The van der Waals surface area contributed by atoms with Crippen LogP contribution in [0.3, 0.4) is 0 Å². The van der Waals surface area contributed by atoms with Gasteiger partial charge in [0.15, 0.2) is 0 Å². The van der Waals surface area contributed by atoms with Crippen molar-refractivity contribution in [1.82, 2.24) is 0 Å². The number of methoxy groups -OCH3 is 1. The maximum absolute atomic E-state index is 14.2. The summed E-state index contributed by atoms with van der Waals surface area (Å²) >= 11 is 5.64. The number of ether oxygens (including phenoxy) is 1. The lowest BCUT2D eigenvalue weighted by Crippen LogP contribution is -2.38. The van der Waals surface area contributed by atoms with E-state index in [4.69, 9.17) is 16.3 Å². The molecule has 2 rings (SSSR count). The first-order valence-corrected chi connectivity index (χ1v) is 7.41. The molecule has 1 atom stereocenters. The highest BCUT2D eigenvalue weighted by atomic mass is 35.5. The Bertz CT molecular complexity index is 442. The predicted octanol–water partition coefficient (Wildman–Crippen LogP) is 3.95. The summed E-state index contributed by atoms with van der Waals surface area (Å²) in [6.45, 7) is 2.93. The molecule has 1 fully saturated rings. The van der Waals surface area contributed by atoms with Crippen molar-refractivity contribution in [3.8, 4) is 0 Å². The number of rotatable bonds is 7.